The fraction of sp³-hybridized carbons (Fsp3) is 0.417. The summed E-state index contributed by atoms with van der Waals surface area (Å²) in [5, 5.41) is 13.4. The Morgan fingerprint density at radius 1 is 1.59 bits per heavy atom. The van der Waals surface area contributed by atoms with Crippen molar-refractivity contribution in [2.24, 2.45) is 0 Å². The van der Waals surface area contributed by atoms with Crippen LogP contribution in [-0.4, -0.2) is 28.2 Å². The Morgan fingerprint density at radius 2 is 2.47 bits per heavy atom. The van der Waals surface area contributed by atoms with E-state index >= 15 is 0 Å². The number of H-pyrrole nitrogens is 1. The molecule has 0 aliphatic heterocycles. The second kappa shape index (κ2) is 6.23. The van der Waals surface area contributed by atoms with Gasteiger partial charge < -0.3 is 5.32 Å². The third-order valence-corrected chi connectivity index (χ3v) is 4.49. The molecule has 17 heavy (non-hydrogen) atoms. The molecule has 0 bridgehead atoms. The molecule has 2 aromatic heterocycles. The van der Waals surface area contributed by atoms with Crippen LogP contribution in [0.4, 0.5) is 0 Å². The molecule has 2 aromatic rings. The molecule has 0 spiro atoms. The van der Waals surface area contributed by atoms with E-state index in [9.17, 15) is 0 Å². The Hall–Kier alpha value is -0.780. The predicted octanol–water partition coefficient (Wildman–Crippen LogP) is 2.98. The summed E-state index contributed by atoms with van der Waals surface area (Å²) >= 11 is 3.62. The van der Waals surface area contributed by atoms with Crippen molar-refractivity contribution in [1.29, 1.82) is 0 Å². The van der Waals surface area contributed by atoms with Crippen molar-refractivity contribution in [2.45, 2.75) is 18.7 Å². The van der Waals surface area contributed by atoms with Crippen LogP contribution in [0.3, 0.4) is 0 Å². The van der Waals surface area contributed by atoms with Crippen molar-refractivity contribution in [3.63, 3.8) is 0 Å². The lowest BCUT2D eigenvalue weighted by Gasteiger charge is -2.09. The van der Waals surface area contributed by atoms with Crippen LogP contribution in [0.1, 0.15) is 12.5 Å². The molecular formula is C12H17N3S2. The maximum absolute atomic E-state index is 4.13. The maximum atomic E-state index is 4.13. The molecule has 3 nitrogen and oxygen atoms in total. The molecule has 0 saturated heterocycles. The quantitative estimate of drug-likeness (QED) is 0.845. The summed E-state index contributed by atoms with van der Waals surface area (Å²) < 4.78 is 0. The highest BCUT2D eigenvalue weighted by molar-refractivity contribution is 7.99. The number of aromatic nitrogens is 2. The van der Waals surface area contributed by atoms with Crippen LogP contribution in [-0.2, 0) is 6.54 Å². The molecule has 5 heteroatoms. The van der Waals surface area contributed by atoms with Crippen molar-refractivity contribution in [1.82, 2.24) is 15.5 Å². The monoisotopic (exact) mass is 267 g/mol. The zero-order valence-corrected chi connectivity index (χ0v) is 11.7. The fourth-order valence-corrected chi connectivity index (χ4v) is 2.61. The van der Waals surface area contributed by atoms with Crippen molar-refractivity contribution < 1.29 is 0 Å². The minimum atomic E-state index is 0.645. The van der Waals surface area contributed by atoms with E-state index in [0.717, 1.165) is 18.8 Å². The normalized spacial score (nSPS) is 12.8. The van der Waals surface area contributed by atoms with Gasteiger partial charge in [0, 0.05) is 23.9 Å². The number of rotatable bonds is 6. The molecule has 0 amide bonds. The molecule has 1 atom stereocenters. The standard InChI is InChI=1S/C12H17N3S2/c1-9(16-2)6-13-7-10-8-14-15-12(10)11-4-3-5-17-11/h3-5,8-9,13H,6-7H2,1-2H3,(H,14,15). The van der Waals surface area contributed by atoms with Gasteiger partial charge in [0.05, 0.1) is 16.8 Å². The molecule has 92 valence electrons. The van der Waals surface area contributed by atoms with Gasteiger partial charge >= 0.3 is 0 Å². The van der Waals surface area contributed by atoms with Gasteiger partial charge in [0.15, 0.2) is 0 Å². The summed E-state index contributed by atoms with van der Waals surface area (Å²) in [6.45, 7) is 4.12. The summed E-state index contributed by atoms with van der Waals surface area (Å²) in [7, 11) is 0. The first kappa shape index (κ1) is 12.7. The van der Waals surface area contributed by atoms with E-state index in [2.05, 4.69) is 46.2 Å². The lowest BCUT2D eigenvalue weighted by Crippen LogP contribution is -2.22. The second-order valence-electron chi connectivity index (χ2n) is 3.92. The first-order valence-corrected chi connectivity index (χ1v) is 7.77. The van der Waals surface area contributed by atoms with Crippen molar-refractivity contribution in [3.05, 3.63) is 29.3 Å². The Labute approximate surface area is 110 Å². The average Bonchev–Trinajstić information content (AvgIpc) is 2.98. The van der Waals surface area contributed by atoms with E-state index in [1.165, 1.54) is 10.4 Å². The number of nitrogens with one attached hydrogen (secondary N) is 2. The Kier molecular flexibility index (Phi) is 4.65. The van der Waals surface area contributed by atoms with Gasteiger partial charge in [-0.05, 0) is 17.7 Å². The molecule has 0 fully saturated rings. The average molecular weight is 267 g/mol. The number of aromatic amines is 1. The van der Waals surface area contributed by atoms with Gasteiger partial charge in [-0.25, -0.2) is 0 Å². The number of hydrogen-bond donors (Lipinski definition) is 2. The topological polar surface area (TPSA) is 40.7 Å². The highest BCUT2D eigenvalue weighted by Crippen LogP contribution is 2.25. The summed E-state index contributed by atoms with van der Waals surface area (Å²) in [5.74, 6) is 0. The Bertz CT molecular complexity index is 436. The van der Waals surface area contributed by atoms with E-state index in [-0.39, 0.29) is 0 Å². The molecule has 2 N–H and O–H groups in total. The minimum absolute atomic E-state index is 0.645. The lowest BCUT2D eigenvalue weighted by molar-refractivity contribution is 0.686. The second-order valence-corrected chi connectivity index (χ2v) is 6.15. The SMILES string of the molecule is CSC(C)CNCc1cn[nH]c1-c1cccs1. The van der Waals surface area contributed by atoms with Crippen LogP contribution in [0.25, 0.3) is 10.6 Å². The third-order valence-electron chi connectivity index (χ3n) is 2.64. The van der Waals surface area contributed by atoms with Gasteiger partial charge in [0.25, 0.3) is 0 Å². The largest absolute Gasteiger partial charge is 0.311 e. The number of thiophene rings is 1. The maximum Gasteiger partial charge on any atom is 0.0794 e. The fourth-order valence-electron chi connectivity index (χ4n) is 1.57. The van der Waals surface area contributed by atoms with Gasteiger partial charge in [-0.1, -0.05) is 13.0 Å². The van der Waals surface area contributed by atoms with Crippen LogP contribution < -0.4 is 5.32 Å². The van der Waals surface area contributed by atoms with E-state index in [1.807, 2.05) is 18.0 Å². The van der Waals surface area contributed by atoms with E-state index in [1.54, 1.807) is 11.3 Å². The molecule has 0 saturated carbocycles. The number of nitrogens with zero attached hydrogens (tertiary/aromatic N) is 1. The summed E-state index contributed by atoms with van der Waals surface area (Å²) in [6, 6.07) is 4.18. The molecule has 0 aliphatic rings. The van der Waals surface area contributed by atoms with E-state index < -0.39 is 0 Å². The summed E-state index contributed by atoms with van der Waals surface area (Å²) in [5.41, 5.74) is 2.38. The van der Waals surface area contributed by atoms with E-state index in [0.29, 0.717) is 5.25 Å². The zero-order valence-electron chi connectivity index (χ0n) is 10.1. The van der Waals surface area contributed by atoms with Gasteiger partial charge in [0.1, 0.15) is 0 Å². The first-order chi connectivity index (χ1) is 8.31. The third kappa shape index (κ3) is 3.34. The minimum Gasteiger partial charge on any atom is -0.311 e. The number of hydrogen-bond acceptors (Lipinski definition) is 4. The highest BCUT2D eigenvalue weighted by Gasteiger charge is 2.08. The van der Waals surface area contributed by atoms with Gasteiger partial charge in [0.2, 0.25) is 0 Å². The molecule has 0 aromatic carbocycles. The molecule has 0 radical (unpaired) electrons. The van der Waals surface area contributed by atoms with Gasteiger partial charge in [-0.15, -0.1) is 11.3 Å². The van der Waals surface area contributed by atoms with E-state index in [4.69, 9.17) is 0 Å². The van der Waals surface area contributed by atoms with Crippen LogP contribution in [0, 0.1) is 0 Å². The lowest BCUT2D eigenvalue weighted by atomic mass is 10.2. The van der Waals surface area contributed by atoms with Crippen LogP contribution in [0.15, 0.2) is 23.7 Å². The van der Waals surface area contributed by atoms with Crippen LogP contribution in [0.5, 0.6) is 0 Å². The molecule has 2 heterocycles. The van der Waals surface area contributed by atoms with Gasteiger partial charge in [-0.2, -0.15) is 16.9 Å². The highest BCUT2D eigenvalue weighted by atomic mass is 32.2. The zero-order chi connectivity index (χ0) is 12.1. The van der Waals surface area contributed by atoms with Crippen molar-refractivity contribution >= 4 is 23.1 Å². The molecule has 2 rings (SSSR count). The summed E-state index contributed by atoms with van der Waals surface area (Å²) in [4.78, 5) is 1.25. The summed E-state index contributed by atoms with van der Waals surface area (Å²) in [6.07, 6.45) is 4.05. The Morgan fingerprint density at radius 3 is 3.18 bits per heavy atom. The Balaban J connectivity index is 1.96. The first-order valence-electron chi connectivity index (χ1n) is 5.61. The smallest absolute Gasteiger partial charge is 0.0794 e. The molecular weight excluding hydrogens is 250 g/mol. The molecule has 1 unspecified atom stereocenters. The van der Waals surface area contributed by atoms with Crippen molar-refractivity contribution in [2.75, 3.05) is 12.8 Å². The van der Waals surface area contributed by atoms with Crippen LogP contribution >= 0.6 is 23.1 Å². The number of thioether (sulfide) groups is 1. The molecule has 0 aliphatic carbocycles. The van der Waals surface area contributed by atoms with Crippen molar-refractivity contribution in [3.8, 4) is 10.6 Å². The van der Waals surface area contributed by atoms with Crippen LogP contribution in [0.2, 0.25) is 0 Å². The predicted molar refractivity (Wildman–Crippen MR) is 76.6 cm³/mol. The van der Waals surface area contributed by atoms with Gasteiger partial charge in [-0.3, -0.25) is 5.10 Å².